The molecule has 0 heteroatoms. The lowest BCUT2D eigenvalue weighted by Gasteiger charge is -2.01. The molecule has 0 radical (unpaired) electrons. The van der Waals surface area contributed by atoms with Crippen LogP contribution < -0.4 is 0 Å². The van der Waals surface area contributed by atoms with Crippen LogP contribution in [0, 0.1) is 0 Å². The van der Waals surface area contributed by atoms with Crippen molar-refractivity contribution >= 4 is 11.1 Å². The van der Waals surface area contributed by atoms with E-state index in [1.165, 1.54) is 22.3 Å². The van der Waals surface area contributed by atoms with E-state index in [1.54, 1.807) is 0 Å². The smallest absolute Gasteiger partial charge is 0.0227 e. The largest absolute Gasteiger partial charge is 0.0622 e. The van der Waals surface area contributed by atoms with Crippen molar-refractivity contribution < 1.29 is 0 Å². The van der Waals surface area contributed by atoms with Gasteiger partial charge in [-0.1, -0.05) is 72.8 Å². The van der Waals surface area contributed by atoms with Crippen LogP contribution in [0.2, 0.25) is 0 Å². The number of hydrogen-bond acceptors (Lipinski definition) is 0. The molecule has 2 rings (SSSR count). The predicted molar refractivity (Wildman–Crippen MR) is 80.2 cm³/mol. The summed E-state index contributed by atoms with van der Waals surface area (Å²) in [7, 11) is 0. The monoisotopic (exact) mass is 234 g/mol. The van der Waals surface area contributed by atoms with Crippen molar-refractivity contribution in [2.75, 3.05) is 0 Å². The van der Waals surface area contributed by atoms with Gasteiger partial charge in [0.1, 0.15) is 0 Å². The molecular weight excluding hydrogens is 216 g/mol. The van der Waals surface area contributed by atoms with Gasteiger partial charge in [0.05, 0.1) is 0 Å². The zero-order chi connectivity index (χ0) is 12.8. The summed E-state index contributed by atoms with van der Waals surface area (Å²) in [6, 6.07) is 20.9. The summed E-state index contributed by atoms with van der Waals surface area (Å²) in [6.45, 7) is 4.29. The van der Waals surface area contributed by atoms with Crippen molar-refractivity contribution in [3.05, 3.63) is 83.9 Å². The maximum atomic E-state index is 2.18. The molecular formula is C18H18. The van der Waals surface area contributed by atoms with Crippen molar-refractivity contribution in [2.24, 2.45) is 0 Å². The van der Waals surface area contributed by atoms with Gasteiger partial charge in [-0.15, -0.1) is 0 Å². The van der Waals surface area contributed by atoms with Gasteiger partial charge in [0.2, 0.25) is 0 Å². The molecule has 18 heavy (non-hydrogen) atoms. The predicted octanol–water partition coefficient (Wildman–Crippen LogP) is 5.19. The fourth-order valence-electron chi connectivity index (χ4n) is 1.84. The molecule has 2 aromatic rings. The molecule has 0 unspecified atom stereocenters. The number of hydrogen-bond donors (Lipinski definition) is 0. The molecule has 0 heterocycles. The first kappa shape index (κ1) is 12.4. The molecule has 90 valence electrons. The van der Waals surface area contributed by atoms with Crippen LogP contribution in [0.15, 0.2) is 72.8 Å². The van der Waals surface area contributed by atoms with Crippen molar-refractivity contribution in [1.82, 2.24) is 0 Å². The van der Waals surface area contributed by atoms with Crippen molar-refractivity contribution in [3.8, 4) is 0 Å². The first-order valence-corrected chi connectivity index (χ1v) is 6.23. The first-order chi connectivity index (χ1) is 8.77. The molecule has 0 aliphatic rings. The van der Waals surface area contributed by atoms with Crippen molar-refractivity contribution in [2.45, 2.75) is 13.8 Å². The molecule has 0 aliphatic heterocycles. The zero-order valence-corrected chi connectivity index (χ0v) is 10.9. The maximum absolute atomic E-state index is 2.18. The van der Waals surface area contributed by atoms with Crippen molar-refractivity contribution in [1.29, 1.82) is 0 Å². The second kappa shape index (κ2) is 6.02. The van der Waals surface area contributed by atoms with E-state index in [9.17, 15) is 0 Å². The summed E-state index contributed by atoms with van der Waals surface area (Å²) < 4.78 is 0. The second-order valence-corrected chi connectivity index (χ2v) is 4.43. The molecule has 0 nitrogen and oxygen atoms in total. The Bertz CT molecular complexity index is 492. The summed E-state index contributed by atoms with van der Waals surface area (Å²) in [5.41, 5.74) is 5.11. The summed E-state index contributed by atoms with van der Waals surface area (Å²) >= 11 is 0. The molecule has 0 N–H and O–H groups in total. The van der Waals surface area contributed by atoms with E-state index in [1.807, 2.05) is 12.1 Å². The minimum absolute atomic E-state index is 1.27. The van der Waals surface area contributed by atoms with Crippen LogP contribution in [-0.2, 0) is 0 Å². The standard InChI is InChI=1S/C18H18/c1-15(17-9-5-3-6-10-17)13-14-16(2)18-11-7-4-8-12-18/h3-14H,1-2H3/b15-13-,16-14+. The highest BCUT2D eigenvalue weighted by Crippen LogP contribution is 2.16. The summed E-state index contributed by atoms with van der Waals surface area (Å²) in [6.07, 6.45) is 4.36. The SMILES string of the molecule is C/C(=C/C=C(\C)c1ccccc1)c1ccccc1. The molecule has 0 bridgehead atoms. The minimum Gasteiger partial charge on any atom is -0.0622 e. The number of rotatable bonds is 3. The van der Waals surface area contributed by atoms with E-state index in [2.05, 4.69) is 74.5 Å². The third-order valence-electron chi connectivity index (χ3n) is 3.04. The highest BCUT2D eigenvalue weighted by Gasteiger charge is 1.94. The molecule has 0 saturated heterocycles. The highest BCUT2D eigenvalue weighted by atomic mass is 14.0. The fourth-order valence-corrected chi connectivity index (χ4v) is 1.84. The van der Waals surface area contributed by atoms with Gasteiger partial charge in [0, 0.05) is 0 Å². The maximum Gasteiger partial charge on any atom is -0.0227 e. The van der Waals surface area contributed by atoms with Crippen LogP contribution in [0.3, 0.4) is 0 Å². The van der Waals surface area contributed by atoms with Crippen LogP contribution in [-0.4, -0.2) is 0 Å². The Labute approximate surface area is 109 Å². The fraction of sp³-hybridized carbons (Fsp3) is 0.111. The number of allylic oxidation sites excluding steroid dienone is 4. The topological polar surface area (TPSA) is 0 Å². The van der Waals surface area contributed by atoms with Gasteiger partial charge in [-0.05, 0) is 36.1 Å². The van der Waals surface area contributed by atoms with Crippen molar-refractivity contribution in [3.63, 3.8) is 0 Å². The Morgan fingerprint density at radius 3 is 1.28 bits per heavy atom. The van der Waals surface area contributed by atoms with Crippen LogP contribution in [0.25, 0.3) is 11.1 Å². The Kier molecular flexibility index (Phi) is 4.14. The van der Waals surface area contributed by atoms with E-state index in [0.717, 1.165) is 0 Å². The lowest BCUT2D eigenvalue weighted by Crippen LogP contribution is -1.79. The molecule has 0 fully saturated rings. The molecule has 0 aliphatic carbocycles. The molecule has 0 atom stereocenters. The summed E-state index contributed by atoms with van der Waals surface area (Å²) in [5.74, 6) is 0. The lowest BCUT2D eigenvalue weighted by molar-refractivity contribution is 1.55. The van der Waals surface area contributed by atoms with Crippen LogP contribution in [0.4, 0.5) is 0 Å². The van der Waals surface area contributed by atoms with Gasteiger partial charge in [-0.25, -0.2) is 0 Å². The Hall–Kier alpha value is -2.08. The Morgan fingerprint density at radius 2 is 0.944 bits per heavy atom. The lowest BCUT2D eigenvalue weighted by atomic mass is 10.0. The quantitative estimate of drug-likeness (QED) is 0.641. The average Bonchev–Trinajstić information content (AvgIpc) is 2.46. The van der Waals surface area contributed by atoms with Crippen LogP contribution >= 0.6 is 0 Å². The average molecular weight is 234 g/mol. The second-order valence-electron chi connectivity index (χ2n) is 4.43. The number of benzene rings is 2. The van der Waals surface area contributed by atoms with E-state index in [0.29, 0.717) is 0 Å². The Morgan fingerprint density at radius 1 is 0.611 bits per heavy atom. The zero-order valence-electron chi connectivity index (χ0n) is 10.9. The third-order valence-corrected chi connectivity index (χ3v) is 3.04. The van der Waals surface area contributed by atoms with Gasteiger partial charge >= 0.3 is 0 Å². The summed E-state index contributed by atoms with van der Waals surface area (Å²) in [5, 5.41) is 0. The molecule has 0 saturated carbocycles. The summed E-state index contributed by atoms with van der Waals surface area (Å²) in [4.78, 5) is 0. The molecule has 0 aromatic heterocycles. The molecule has 0 amide bonds. The van der Waals surface area contributed by atoms with E-state index >= 15 is 0 Å². The van der Waals surface area contributed by atoms with Gasteiger partial charge in [0.25, 0.3) is 0 Å². The van der Waals surface area contributed by atoms with E-state index in [-0.39, 0.29) is 0 Å². The van der Waals surface area contributed by atoms with Crippen LogP contribution in [0.1, 0.15) is 25.0 Å². The van der Waals surface area contributed by atoms with Crippen LogP contribution in [0.5, 0.6) is 0 Å². The van der Waals surface area contributed by atoms with E-state index < -0.39 is 0 Å². The molecule has 0 spiro atoms. The molecule has 2 aromatic carbocycles. The Balaban J connectivity index is 2.20. The van der Waals surface area contributed by atoms with Gasteiger partial charge < -0.3 is 0 Å². The van der Waals surface area contributed by atoms with Gasteiger partial charge in [-0.3, -0.25) is 0 Å². The normalized spacial score (nSPS) is 12.6. The van der Waals surface area contributed by atoms with E-state index in [4.69, 9.17) is 0 Å². The minimum atomic E-state index is 1.27. The van der Waals surface area contributed by atoms with Gasteiger partial charge in [0.15, 0.2) is 0 Å². The highest BCUT2D eigenvalue weighted by molar-refractivity contribution is 5.71. The van der Waals surface area contributed by atoms with Gasteiger partial charge in [-0.2, -0.15) is 0 Å². The third kappa shape index (κ3) is 3.21. The first-order valence-electron chi connectivity index (χ1n) is 6.23.